The number of hydrogen-bond acceptors (Lipinski definition) is 6. The molecule has 0 aliphatic carbocycles. The molecule has 2 atom stereocenters. The smallest absolute Gasteiger partial charge is 0.338 e. The first-order valence-corrected chi connectivity index (χ1v) is 8.92. The summed E-state index contributed by atoms with van der Waals surface area (Å²) in [5.41, 5.74) is 1.11. The van der Waals surface area contributed by atoms with Gasteiger partial charge in [-0.25, -0.2) is 9.59 Å². The molecule has 2 amide bonds. The van der Waals surface area contributed by atoms with Crippen molar-refractivity contribution < 1.29 is 28.9 Å². The van der Waals surface area contributed by atoms with Crippen LogP contribution < -0.4 is 15.4 Å². The molecule has 8 nitrogen and oxygen atoms in total. The van der Waals surface area contributed by atoms with Crippen LogP contribution >= 0.6 is 11.6 Å². The molecule has 3 N–H and O–H groups in total. The molecule has 0 spiro atoms. The number of halogens is 1. The Labute approximate surface area is 161 Å². The van der Waals surface area contributed by atoms with Crippen molar-refractivity contribution in [3.05, 3.63) is 34.0 Å². The largest absolute Gasteiger partial charge is 0.503 e. The van der Waals surface area contributed by atoms with Crippen molar-refractivity contribution in [1.29, 1.82) is 0 Å². The Bertz CT molecular complexity index is 788. The predicted molar refractivity (Wildman–Crippen MR) is 96.7 cm³/mol. The molecule has 0 bridgehead atoms. The predicted octanol–water partition coefficient (Wildman–Crippen LogP) is 2.40. The standard InChI is InChI=1S/C18H21ClN2O6/c1-9-14(17(23)27-8-11-4-3-5-26-11)15(21-18(24)20-9)10-6-12(19)16(22)13(7-10)25-2/h6-7,11,15,22H,3-5,8H2,1-2H3,(H2,20,21,24)/t11-,15-/m0/s1. The number of benzene rings is 1. The lowest BCUT2D eigenvalue weighted by atomic mass is 9.95. The molecule has 146 valence electrons. The highest BCUT2D eigenvalue weighted by molar-refractivity contribution is 6.32. The van der Waals surface area contributed by atoms with Crippen molar-refractivity contribution in [1.82, 2.24) is 10.6 Å². The highest BCUT2D eigenvalue weighted by Crippen LogP contribution is 2.39. The van der Waals surface area contributed by atoms with Crippen molar-refractivity contribution in [3.63, 3.8) is 0 Å². The molecule has 9 heteroatoms. The van der Waals surface area contributed by atoms with E-state index in [1.807, 2.05) is 0 Å². The van der Waals surface area contributed by atoms with Crippen LogP contribution in [0.1, 0.15) is 31.4 Å². The fourth-order valence-electron chi connectivity index (χ4n) is 3.15. The van der Waals surface area contributed by atoms with Gasteiger partial charge in [0.05, 0.1) is 29.9 Å². The number of hydrogen-bond donors (Lipinski definition) is 3. The molecule has 0 saturated carbocycles. The molecule has 0 aromatic heterocycles. The Kier molecular flexibility index (Phi) is 5.76. The van der Waals surface area contributed by atoms with Gasteiger partial charge in [0.25, 0.3) is 0 Å². The third-order valence-electron chi connectivity index (χ3n) is 4.52. The Balaban J connectivity index is 1.89. The average Bonchev–Trinajstić information content (AvgIpc) is 3.14. The van der Waals surface area contributed by atoms with Gasteiger partial charge < -0.3 is 30.0 Å². The Morgan fingerprint density at radius 1 is 1.44 bits per heavy atom. The summed E-state index contributed by atoms with van der Waals surface area (Å²) < 4.78 is 16.0. The lowest BCUT2D eigenvalue weighted by molar-refractivity contribution is -0.142. The summed E-state index contributed by atoms with van der Waals surface area (Å²) in [4.78, 5) is 24.7. The molecule has 27 heavy (non-hydrogen) atoms. The van der Waals surface area contributed by atoms with E-state index in [0.717, 1.165) is 12.8 Å². The van der Waals surface area contributed by atoms with Crippen LogP contribution in [0.4, 0.5) is 4.79 Å². The number of carbonyl (C=O) groups is 2. The number of methoxy groups -OCH3 is 1. The molecule has 2 heterocycles. The lowest BCUT2D eigenvalue weighted by Gasteiger charge is -2.28. The highest BCUT2D eigenvalue weighted by atomic mass is 35.5. The lowest BCUT2D eigenvalue weighted by Crippen LogP contribution is -2.45. The van der Waals surface area contributed by atoms with Crippen LogP contribution in [0, 0.1) is 0 Å². The minimum atomic E-state index is -0.803. The normalized spacial score (nSPS) is 22.3. The van der Waals surface area contributed by atoms with Gasteiger partial charge in [-0.3, -0.25) is 0 Å². The third kappa shape index (κ3) is 4.12. The fraction of sp³-hybridized carbons (Fsp3) is 0.444. The molecule has 0 radical (unpaired) electrons. The molecule has 1 saturated heterocycles. The first kappa shape index (κ1) is 19.3. The zero-order chi connectivity index (χ0) is 19.6. The molecule has 1 fully saturated rings. The molecular formula is C18H21ClN2O6. The van der Waals surface area contributed by atoms with Crippen molar-refractivity contribution in [2.75, 3.05) is 20.3 Å². The maximum absolute atomic E-state index is 12.7. The number of rotatable bonds is 5. The third-order valence-corrected chi connectivity index (χ3v) is 4.81. The van der Waals surface area contributed by atoms with Crippen molar-refractivity contribution in [3.8, 4) is 11.5 Å². The van der Waals surface area contributed by atoms with Crippen molar-refractivity contribution in [2.24, 2.45) is 0 Å². The van der Waals surface area contributed by atoms with E-state index >= 15 is 0 Å². The first-order valence-electron chi connectivity index (χ1n) is 8.54. The zero-order valence-electron chi connectivity index (χ0n) is 15.0. The maximum Gasteiger partial charge on any atom is 0.338 e. The van der Waals surface area contributed by atoms with Gasteiger partial charge in [0, 0.05) is 12.3 Å². The summed E-state index contributed by atoms with van der Waals surface area (Å²) in [6, 6.07) is 1.72. The van der Waals surface area contributed by atoms with Gasteiger partial charge in [-0.1, -0.05) is 11.6 Å². The molecule has 1 aromatic carbocycles. The molecule has 2 aliphatic rings. The van der Waals surface area contributed by atoms with Crippen LogP contribution in [0.15, 0.2) is 23.4 Å². The van der Waals surface area contributed by atoms with Crippen molar-refractivity contribution in [2.45, 2.75) is 31.9 Å². The number of aromatic hydroxyl groups is 1. The number of urea groups is 1. The summed E-state index contributed by atoms with van der Waals surface area (Å²) in [6.45, 7) is 2.43. The van der Waals surface area contributed by atoms with Crippen LogP contribution in [-0.4, -0.2) is 43.5 Å². The molecule has 3 rings (SSSR count). The fourth-order valence-corrected chi connectivity index (χ4v) is 3.37. The van der Waals surface area contributed by atoms with Crippen molar-refractivity contribution >= 4 is 23.6 Å². The van der Waals surface area contributed by atoms with Gasteiger partial charge in [0.1, 0.15) is 6.61 Å². The number of nitrogens with one attached hydrogen (secondary N) is 2. The zero-order valence-corrected chi connectivity index (χ0v) is 15.8. The van der Waals surface area contributed by atoms with Gasteiger partial charge in [-0.05, 0) is 37.5 Å². The first-order chi connectivity index (χ1) is 12.9. The Morgan fingerprint density at radius 2 is 2.22 bits per heavy atom. The summed E-state index contributed by atoms with van der Waals surface area (Å²) in [5.74, 6) is -0.648. The minimum Gasteiger partial charge on any atom is -0.503 e. The van der Waals surface area contributed by atoms with E-state index < -0.39 is 18.0 Å². The Hall–Kier alpha value is -2.45. The van der Waals surface area contributed by atoms with Crippen LogP contribution in [0.2, 0.25) is 5.02 Å². The summed E-state index contributed by atoms with van der Waals surface area (Å²) in [6.07, 6.45) is 1.67. The van der Waals surface area contributed by atoms with E-state index in [1.54, 1.807) is 6.92 Å². The summed E-state index contributed by atoms with van der Waals surface area (Å²) >= 11 is 6.06. The van der Waals surface area contributed by atoms with Gasteiger partial charge in [-0.2, -0.15) is 0 Å². The highest BCUT2D eigenvalue weighted by Gasteiger charge is 2.33. The van der Waals surface area contributed by atoms with E-state index in [1.165, 1.54) is 19.2 Å². The number of amides is 2. The number of phenolic OH excluding ortho intramolecular Hbond substituents is 1. The Morgan fingerprint density at radius 3 is 2.89 bits per heavy atom. The van der Waals surface area contributed by atoms with Crippen LogP contribution in [0.3, 0.4) is 0 Å². The number of phenols is 1. The second-order valence-electron chi connectivity index (χ2n) is 6.36. The average molecular weight is 397 g/mol. The topological polar surface area (TPSA) is 106 Å². The second-order valence-corrected chi connectivity index (χ2v) is 6.76. The van der Waals surface area contributed by atoms with E-state index in [0.29, 0.717) is 17.9 Å². The maximum atomic E-state index is 12.7. The SMILES string of the molecule is COc1cc([C@@H]2NC(=O)NC(C)=C2C(=O)OC[C@@H]2CCCO2)cc(Cl)c1O. The van der Waals surface area contributed by atoms with E-state index in [4.69, 9.17) is 25.8 Å². The minimum absolute atomic E-state index is 0.0434. The van der Waals surface area contributed by atoms with Gasteiger partial charge in [0.2, 0.25) is 0 Å². The number of carbonyl (C=O) groups excluding carboxylic acids is 2. The molecule has 0 unspecified atom stereocenters. The quantitative estimate of drug-likeness (QED) is 0.660. The van der Waals surface area contributed by atoms with E-state index in [2.05, 4.69) is 10.6 Å². The van der Waals surface area contributed by atoms with Gasteiger partial charge >= 0.3 is 12.0 Å². The summed E-state index contributed by atoms with van der Waals surface area (Å²) in [7, 11) is 1.38. The van der Waals surface area contributed by atoms with E-state index in [9.17, 15) is 14.7 Å². The van der Waals surface area contributed by atoms with Crippen LogP contribution in [0.5, 0.6) is 11.5 Å². The van der Waals surface area contributed by atoms with E-state index in [-0.39, 0.29) is 34.8 Å². The summed E-state index contributed by atoms with van der Waals surface area (Å²) in [5, 5.41) is 15.2. The molecule has 2 aliphatic heterocycles. The van der Waals surface area contributed by atoms with Crippen LogP contribution in [-0.2, 0) is 14.3 Å². The number of esters is 1. The van der Waals surface area contributed by atoms with Gasteiger partial charge in [0.15, 0.2) is 11.5 Å². The van der Waals surface area contributed by atoms with Gasteiger partial charge in [-0.15, -0.1) is 0 Å². The molecular weight excluding hydrogens is 376 g/mol. The second kappa shape index (κ2) is 8.06. The molecule has 1 aromatic rings. The number of allylic oxidation sites excluding steroid dienone is 1. The van der Waals surface area contributed by atoms with Crippen LogP contribution in [0.25, 0.3) is 0 Å². The number of ether oxygens (including phenoxy) is 3. The monoisotopic (exact) mass is 396 g/mol.